The highest BCUT2D eigenvalue weighted by atomic mass is 32.2. The van der Waals surface area contributed by atoms with Crippen molar-refractivity contribution in [1.29, 1.82) is 0 Å². The van der Waals surface area contributed by atoms with Crippen molar-refractivity contribution in [2.24, 2.45) is 0 Å². The van der Waals surface area contributed by atoms with Crippen molar-refractivity contribution < 1.29 is 13.6 Å². The van der Waals surface area contributed by atoms with Gasteiger partial charge in [0.2, 0.25) is 11.8 Å². The Kier molecular flexibility index (Phi) is 5.40. The minimum atomic E-state index is -2.54. The summed E-state index contributed by atoms with van der Waals surface area (Å²) in [5, 5.41) is 2.85. The molecule has 1 aromatic carbocycles. The van der Waals surface area contributed by atoms with E-state index in [-0.39, 0.29) is 24.8 Å². The molecule has 110 valence electrons. The highest BCUT2D eigenvalue weighted by Gasteiger charge is 2.35. The number of benzene rings is 1. The van der Waals surface area contributed by atoms with E-state index in [1.54, 1.807) is 11.8 Å². The second-order valence-corrected chi connectivity index (χ2v) is 6.16. The van der Waals surface area contributed by atoms with E-state index in [1.807, 2.05) is 30.3 Å². The molecular formula is C15H19F2NOS. The third-order valence-electron chi connectivity index (χ3n) is 3.43. The van der Waals surface area contributed by atoms with Crippen LogP contribution in [0.15, 0.2) is 30.3 Å². The Balaban J connectivity index is 1.64. The maximum absolute atomic E-state index is 13.0. The largest absolute Gasteiger partial charge is 0.353 e. The van der Waals surface area contributed by atoms with E-state index in [9.17, 15) is 13.6 Å². The quantitative estimate of drug-likeness (QED) is 0.900. The molecule has 0 saturated heterocycles. The fraction of sp³-hybridized carbons (Fsp3) is 0.533. The van der Waals surface area contributed by atoms with E-state index in [1.165, 1.54) is 5.56 Å². The van der Waals surface area contributed by atoms with Gasteiger partial charge in [-0.05, 0) is 18.4 Å². The monoisotopic (exact) mass is 299 g/mol. The number of rotatable bonds is 5. The lowest BCUT2D eigenvalue weighted by Gasteiger charge is -2.28. The van der Waals surface area contributed by atoms with Crippen LogP contribution in [0.5, 0.6) is 0 Å². The van der Waals surface area contributed by atoms with Crippen LogP contribution in [0.2, 0.25) is 0 Å². The molecule has 0 bridgehead atoms. The summed E-state index contributed by atoms with van der Waals surface area (Å²) in [6.45, 7) is 0. The summed E-state index contributed by atoms with van der Waals surface area (Å²) in [6.07, 6.45) is 0.522. The average molecular weight is 299 g/mol. The first kappa shape index (κ1) is 15.3. The lowest BCUT2D eigenvalue weighted by molar-refractivity contribution is -0.120. The second kappa shape index (κ2) is 7.07. The minimum absolute atomic E-state index is 0.0545. The molecular weight excluding hydrogens is 280 g/mol. The Bertz CT molecular complexity index is 429. The number of halogens is 2. The van der Waals surface area contributed by atoms with Crippen molar-refractivity contribution in [1.82, 2.24) is 5.32 Å². The summed E-state index contributed by atoms with van der Waals surface area (Å²) in [7, 11) is 0. The Morgan fingerprint density at radius 2 is 1.90 bits per heavy atom. The molecule has 5 heteroatoms. The van der Waals surface area contributed by atoms with Crippen molar-refractivity contribution in [2.45, 2.75) is 43.4 Å². The van der Waals surface area contributed by atoms with Gasteiger partial charge in [-0.25, -0.2) is 8.78 Å². The van der Waals surface area contributed by atoms with Gasteiger partial charge in [-0.3, -0.25) is 4.79 Å². The van der Waals surface area contributed by atoms with Gasteiger partial charge in [0.05, 0.1) is 5.75 Å². The van der Waals surface area contributed by atoms with Gasteiger partial charge < -0.3 is 5.32 Å². The van der Waals surface area contributed by atoms with Gasteiger partial charge >= 0.3 is 0 Å². The topological polar surface area (TPSA) is 29.1 Å². The molecule has 0 aliphatic heterocycles. The lowest BCUT2D eigenvalue weighted by atomic mass is 9.92. The van der Waals surface area contributed by atoms with E-state index in [2.05, 4.69) is 5.32 Å². The van der Waals surface area contributed by atoms with Crippen LogP contribution in [0.25, 0.3) is 0 Å². The van der Waals surface area contributed by atoms with Gasteiger partial charge in [0.15, 0.2) is 0 Å². The zero-order chi connectivity index (χ0) is 14.4. The molecule has 1 fully saturated rings. The number of hydrogen-bond acceptors (Lipinski definition) is 2. The van der Waals surface area contributed by atoms with Gasteiger partial charge in [-0.15, -0.1) is 11.8 Å². The van der Waals surface area contributed by atoms with Gasteiger partial charge in [0.25, 0.3) is 0 Å². The SMILES string of the molecule is O=C(CSCc1ccccc1)NC1CCC(F)(F)CC1. The summed E-state index contributed by atoms with van der Waals surface area (Å²) in [4.78, 5) is 11.7. The summed E-state index contributed by atoms with van der Waals surface area (Å²) in [5.74, 6) is -1.43. The number of carbonyl (C=O) groups excluding carboxylic acids is 1. The van der Waals surface area contributed by atoms with Crippen LogP contribution in [0.1, 0.15) is 31.2 Å². The predicted molar refractivity (Wildman–Crippen MR) is 77.9 cm³/mol. The van der Waals surface area contributed by atoms with Crippen LogP contribution in [-0.4, -0.2) is 23.6 Å². The highest BCUT2D eigenvalue weighted by molar-refractivity contribution is 7.99. The molecule has 2 nitrogen and oxygen atoms in total. The van der Waals surface area contributed by atoms with E-state index in [0.29, 0.717) is 18.6 Å². The maximum atomic E-state index is 13.0. The van der Waals surface area contributed by atoms with Crippen molar-refractivity contribution >= 4 is 17.7 Å². The third kappa shape index (κ3) is 5.12. The molecule has 0 heterocycles. The minimum Gasteiger partial charge on any atom is -0.353 e. The van der Waals surface area contributed by atoms with Crippen LogP contribution in [0.3, 0.4) is 0 Å². The molecule has 0 atom stereocenters. The van der Waals surface area contributed by atoms with E-state index < -0.39 is 5.92 Å². The fourth-order valence-electron chi connectivity index (χ4n) is 2.29. The average Bonchev–Trinajstić information content (AvgIpc) is 2.42. The first-order chi connectivity index (χ1) is 9.55. The number of amides is 1. The van der Waals surface area contributed by atoms with Crippen LogP contribution in [0.4, 0.5) is 8.78 Å². The number of hydrogen-bond donors (Lipinski definition) is 1. The van der Waals surface area contributed by atoms with E-state index >= 15 is 0 Å². The molecule has 1 aliphatic carbocycles. The first-order valence-electron chi connectivity index (χ1n) is 6.84. The molecule has 2 rings (SSSR count). The summed E-state index contributed by atoms with van der Waals surface area (Å²) in [6, 6.07) is 9.86. The van der Waals surface area contributed by atoms with Crippen LogP contribution >= 0.6 is 11.8 Å². The molecule has 1 N–H and O–H groups in total. The zero-order valence-electron chi connectivity index (χ0n) is 11.3. The lowest BCUT2D eigenvalue weighted by Crippen LogP contribution is -2.41. The smallest absolute Gasteiger partial charge is 0.248 e. The fourth-order valence-corrected chi connectivity index (χ4v) is 3.09. The molecule has 0 radical (unpaired) electrons. The van der Waals surface area contributed by atoms with Crippen LogP contribution < -0.4 is 5.32 Å². The summed E-state index contributed by atoms with van der Waals surface area (Å²) < 4.78 is 26.0. The van der Waals surface area contributed by atoms with Crippen LogP contribution in [0, 0.1) is 0 Å². The number of thioether (sulfide) groups is 1. The standard InChI is InChI=1S/C15H19F2NOS/c16-15(17)8-6-13(7-9-15)18-14(19)11-20-10-12-4-2-1-3-5-12/h1-5,13H,6-11H2,(H,18,19). The van der Waals surface area contributed by atoms with Crippen molar-refractivity contribution in [3.63, 3.8) is 0 Å². The highest BCUT2D eigenvalue weighted by Crippen LogP contribution is 2.32. The summed E-state index contributed by atoms with van der Waals surface area (Å²) >= 11 is 1.54. The number of alkyl halides is 2. The molecule has 0 aromatic heterocycles. The van der Waals surface area contributed by atoms with Gasteiger partial charge in [-0.1, -0.05) is 30.3 Å². The molecule has 0 spiro atoms. The van der Waals surface area contributed by atoms with Gasteiger partial charge in [0, 0.05) is 24.6 Å². The Hall–Kier alpha value is -1.10. The second-order valence-electron chi connectivity index (χ2n) is 5.18. The Morgan fingerprint density at radius 3 is 2.55 bits per heavy atom. The zero-order valence-corrected chi connectivity index (χ0v) is 12.1. The van der Waals surface area contributed by atoms with Crippen molar-refractivity contribution in [2.75, 3.05) is 5.75 Å². The molecule has 1 amide bonds. The van der Waals surface area contributed by atoms with E-state index in [0.717, 1.165) is 5.75 Å². The number of nitrogens with one attached hydrogen (secondary N) is 1. The first-order valence-corrected chi connectivity index (χ1v) is 7.99. The summed E-state index contributed by atoms with van der Waals surface area (Å²) in [5.41, 5.74) is 1.18. The van der Waals surface area contributed by atoms with Crippen LogP contribution in [-0.2, 0) is 10.5 Å². The molecule has 0 unspecified atom stereocenters. The molecule has 1 aromatic rings. The van der Waals surface area contributed by atoms with Crippen molar-refractivity contribution in [3.05, 3.63) is 35.9 Å². The van der Waals surface area contributed by atoms with E-state index in [4.69, 9.17) is 0 Å². The maximum Gasteiger partial charge on any atom is 0.248 e. The molecule has 1 saturated carbocycles. The van der Waals surface area contributed by atoms with Crippen molar-refractivity contribution in [3.8, 4) is 0 Å². The Labute approximate surface area is 122 Å². The third-order valence-corrected chi connectivity index (χ3v) is 4.43. The normalized spacial score (nSPS) is 18.7. The predicted octanol–water partition coefficient (Wildman–Crippen LogP) is 3.61. The molecule has 20 heavy (non-hydrogen) atoms. The Morgan fingerprint density at radius 1 is 1.25 bits per heavy atom. The molecule has 1 aliphatic rings. The van der Waals surface area contributed by atoms with Gasteiger partial charge in [-0.2, -0.15) is 0 Å². The number of carbonyl (C=O) groups is 1. The van der Waals surface area contributed by atoms with Gasteiger partial charge in [0.1, 0.15) is 0 Å².